The predicted molar refractivity (Wildman–Crippen MR) is 61.0 cm³/mol. The van der Waals surface area contributed by atoms with Crippen LogP contribution in [0.4, 0.5) is 5.69 Å². The molecule has 1 aromatic carbocycles. The molecular formula is C11H12N4O. The Morgan fingerprint density at radius 1 is 1.50 bits per heavy atom. The van der Waals surface area contributed by atoms with E-state index < -0.39 is 6.04 Å². The molecule has 5 heteroatoms. The SMILES string of the molecule is CC1CC(N=[N+]=[N-])C(=O)Nc2ccccc21. The second-order valence-corrected chi connectivity index (χ2v) is 3.93. The van der Waals surface area contributed by atoms with E-state index in [0.717, 1.165) is 11.3 Å². The number of para-hydroxylation sites is 1. The van der Waals surface area contributed by atoms with Crippen LogP contribution in [0, 0.1) is 0 Å². The molecule has 5 nitrogen and oxygen atoms in total. The molecule has 2 atom stereocenters. The number of fused-ring (bicyclic) bond motifs is 1. The summed E-state index contributed by atoms with van der Waals surface area (Å²) in [6.07, 6.45) is 0.549. The molecule has 1 heterocycles. The monoisotopic (exact) mass is 216 g/mol. The molecule has 0 radical (unpaired) electrons. The summed E-state index contributed by atoms with van der Waals surface area (Å²) in [6, 6.07) is 7.04. The molecular weight excluding hydrogens is 204 g/mol. The van der Waals surface area contributed by atoms with E-state index in [2.05, 4.69) is 15.3 Å². The van der Waals surface area contributed by atoms with Gasteiger partial charge in [-0.15, -0.1) is 0 Å². The van der Waals surface area contributed by atoms with Gasteiger partial charge in [-0.3, -0.25) is 4.79 Å². The van der Waals surface area contributed by atoms with Crippen molar-refractivity contribution in [2.24, 2.45) is 5.11 Å². The molecule has 82 valence electrons. The number of azide groups is 1. The number of nitrogens with zero attached hydrogens (tertiary/aromatic N) is 3. The molecule has 0 aliphatic carbocycles. The van der Waals surface area contributed by atoms with Crippen molar-refractivity contribution in [3.05, 3.63) is 40.3 Å². The lowest BCUT2D eigenvalue weighted by atomic mass is 9.94. The molecule has 16 heavy (non-hydrogen) atoms. The summed E-state index contributed by atoms with van der Waals surface area (Å²) in [6.45, 7) is 2.03. The van der Waals surface area contributed by atoms with Crippen LogP contribution in [-0.2, 0) is 4.79 Å². The minimum absolute atomic E-state index is 0.200. The van der Waals surface area contributed by atoms with Gasteiger partial charge in [-0.05, 0) is 29.5 Å². The zero-order chi connectivity index (χ0) is 11.5. The second kappa shape index (κ2) is 4.24. The number of rotatable bonds is 1. The lowest BCUT2D eigenvalue weighted by Crippen LogP contribution is -2.24. The van der Waals surface area contributed by atoms with E-state index in [1.807, 2.05) is 31.2 Å². The van der Waals surface area contributed by atoms with E-state index in [1.165, 1.54) is 0 Å². The fraction of sp³-hybridized carbons (Fsp3) is 0.364. The summed E-state index contributed by atoms with van der Waals surface area (Å²) in [5.74, 6) is -0.0275. The summed E-state index contributed by atoms with van der Waals surface area (Å²) in [4.78, 5) is 14.4. The Kier molecular flexibility index (Phi) is 2.79. The van der Waals surface area contributed by atoms with Crippen LogP contribution in [0.2, 0.25) is 0 Å². The van der Waals surface area contributed by atoms with Crippen LogP contribution in [0.15, 0.2) is 29.4 Å². The lowest BCUT2D eigenvalue weighted by Gasteiger charge is -2.11. The molecule has 1 aromatic rings. The number of nitrogens with one attached hydrogen (secondary N) is 1. The Bertz CT molecular complexity index is 465. The Balaban J connectivity index is 2.39. The zero-order valence-corrected chi connectivity index (χ0v) is 8.92. The minimum Gasteiger partial charge on any atom is -0.325 e. The van der Waals surface area contributed by atoms with Crippen molar-refractivity contribution in [2.45, 2.75) is 25.3 Å². The van der Waals surface area contributed by atoms with E-state index in [-0.39, 0.29) is 11.8 Å². The summed E-state index contributed by atoms with van der Waals surface area (Å²) < 4.78 is 0. The van der Waals surface area contributed by atoms with E-state index in [1.54, 1.807) is 0 Å². The number of anilines is 1. The molecule has 1 aliphatic rings. The number of amides is 1. The maximum atomic E-state index is 11.7. The summed E-state index contributed by atoms with van der Waals surface area (Å²) in [5.41, 5.74) is 10.3. The highest BCUT2D eigenvalue weighted by atomic mass is 16.2. The molecule has 0 saturated heterocycles. The van der Waals surface area contributed by atoms with Crippen molar-refractivity contribution in [1.82, 2.24) is 0 Å². The summed E-state index contributed by atoms with van der Waals surface area (Å²) in [5, 5.41) is 6.31. The predicted octanol–water partition coefficient (Wildman–Crippen LogP) is 2.81. The smallest absolute Gasteiger partial charge is 0.233 e. The number of hydrogen-bond donors (Lipinski definition) is 1. The Labute approximate surface area is 93.1 Å². The fourth-order valence-corrected chi connectivity index (χ4v) is 1.99. The molecule has 2 unspecified atom stereocenters. The largest absolute Gasteiger partial charge is 0.325 e. The minimum atomic E-state index is -0.618. The molecule has 0 fully saturated rings. The van der Waals surface area contributed by atoms with E-state index in [0.29, 0.717) is 6.42 Å². The quantitative estimate of drug-likeness (QED) is 0.437. The normalized spacial score (nSPS) is 23.7. The molecule has 0 spiro atoms. The molecule has 2 rings (SSSR count). The topological polar surface area (TPSA) is 77.9 Å². The van der Waals surface area contributed by atoms with Gasteiger partial charge in [0.1, 0.15) is 6.04 Å². The van der Waals surface area contributed by atoms with Crippen molar-refractivity contribution in [3.8, 4) is 0 Å². The van der Waals surface area contributed by atoms with Crippen LogP contribution < -0.4 is 5.32 Å². The van der Waals surface area contributed by atoms with Gasteiger partial charge in [0.25, 0.3) is 0 Å². The van der Waals surface area contributed by atoms with Gasteiger partial charge in [0.2, 0.25) is 5.91 Å². The third kappa shape index (κ3) is 1.85. The Morgan fingerprint density at radius 2 is 2.25 bits per heavy atom. The first kappa shape index (κ1) is 10.5. The maximum absolute atomic E-state index is 11.7. The number of carbonyl (C=O) groups is 1. The van der Waals surface area contributed by atoms with Crippen molar-refractivity contribution >= 4 is 11.6 Å². The fourth-order valence-electron chi connectivity index (χ4n) is 1.99. The van der Waals surface area contributed by atoms with Crippen LogP contribution in [-0.4, -0.2) is 11.9 Å². The maximum Gasteiger partial charge on any atom is 0.233 e. The molecule has 1 aliphatic heterocycles. The van der Waals surface area contributed by atoms with Crippen LogP contribution in [0.25, 0.3) is 10.4 Å². The highest BCUT2D eigenvalue weighted by molar-refractivity contribution is 5.96. The van der Waals surface area contributed by atoms with Gasteiger partial charge >= 0.3 is 0 Å². The molecule has 1 amide bonds. The van der Waals surface area contributed by atoms with Crippen LogP contribution in [0.3, 0.4) is 0 Å². The highest BCUT2D eigenvalue weighted by Crippen LogP contribution is 2.31. The van der Waals surface area contributed by atoms with E-state index >= 15 is 0 Å². The van der Waals surface area contributed by atoms with Crippen LogP contribution in [0.5, 0.6) is 0 Å². The number of carbonyl (C=O) groups excluding carboxylic acids is 1. The summed E-state index contributed by atoms with van der Waals surface area (Å²) in [7, 11) is 0. The van der Waals surface area contributed by atoms with Crippen LogP contribution in [0.1, 0.15) is 24.8 Å². The first-order valence-corrected chi connectivity index (χ1v) is 5.16. The van der Waals surface area contributed by atoms with E-state index in [4.69, 9.17) is 5.53 Å². The lowest BCUT2D eigenvalue weighted by molar-refractivity contribution is -0.117. The third-order valence-corrected chi connectivity index (χ3v) is 2.82. The van der Waals surface area contributed by atoms with Crippen LogP contribution >= 0.6 is 0 Å². The third-order valence-electron chi connectivity index (χ3n) is 2.82. The van der Waals surface area contributed by atoms with Gasteiger partial charge < -0.3 is 5.32 Å². The van der Waals surface area contributed by atoms with Gasteiger partial charge in [0.05, 0.1) is 0 Å². The first-order valence-electron chi connectivity index (χ1n) is 5.16. The number of hydrogen-bond acceptors (Lipinski definition) is 2. The highest BCUT2D eigenvalue weighted by Gasteiger charge is 2.26. The Morgan fingerprint density at radius 3 is 3.00 bits per heavy atom. The van der Waals surface area contributed by atoms with Gasteiger partial charge in [-0.25, -0.2) is 0 Å². The van der Waals surface area contributed by atoms with Gasteiger partial charge in [-0.1, -0.05) is 30.2 Å². The van der Waals surface area contributed by atoms with Gasteiger partial charge in [0.15, 0.2) is 0 Å². The zero-order valence-electron chi connectivity index (χ0n) is 8.92. The second-order valence-electron chi connectivity index (χ2n) is 3.93. The molecule has 0 bridgehead atoms. The number of benzene rings is 1. The van der Waals surface area contributed by atoms with E-state index in [9.17, 15) is 4.79 Å². The van der Waals surface area contributed by atoms with Crippen molar-refractivity contribution in [2.75, 3.05) is 5.32 Å². The van der Waals surface area contributed by atoms with Crippen molar-refractivity contribution in [3.63, 3.8) is 0 Å². The Hall–Kier alpha value is -2.00. The average Bonchev–Trinajstić information content (AvgIpc) is 2.39. The van der Waals surface area contributed by atoms with Crippen molar-refractivity contribution in [1.29, 1.82) is 0 Å². The van der Waals surface area contributed by atoms with Crippen molar-refractivity contribution < 1.29 is 4.79 Å². The molecule has 0 aromatic heterocycles. The molecule has 0 saturated carbocycles. The molecule has 1 N–H and O–H groups in total. The van der Waals surface area contributed by atoms with Gasteiger partial charge in [-0.2, -0.15) is 0 Å². The first-order chi connectivity index (χ1) is 7.72. The average molecular weight is 216 g/mol. The summed E-state index contributed by atoms with van der Waals surface area (Å²) >= 11 is 0. The van der Waals surface area contributed by atoms with Gasteiger partial charge in [0, 0.05) is 10.6 Å². The standard InChI is InChI=1S/C11H12N4O/c1-7-6-10(14-15-12)11(16)13-9-5-3-2-4-8(7)9/h2-5,7,10H,6H2,1H3,(H,13,16).